The lowest BCUT2D eigenvalue weighted by molar-refractivity contribution is 0.320. The Labute approximate surface area is 109 Å². The summed E-state index contributed by atoms with van der Waals surface area (Å²) in [6, 6.07) is 7.33. The standard InChI is InChI=1S/C13H20N2O2S/c1-2-11-4-3-5-13(10-11)18(16,17)15-8-6-12(14)7-9-15/h3-5,10,12H,2,6-9,14H2,1H3. The minimum absolute atomic E-state index is 0.137. The number of rotatable bonds is 3. The lowest BCUT2D eigenvalue weighted by Gasteiger charge is -2.29. The zero-order valence-corrected chi connectivity index (χ0v) is 11.5. The number of sulfonamides is 1. The number of aryl methyl sites for hydroxylation is 1. The highest BCUT2D eigenvalue weighted by atomic mass is 32.2. The summed E-state index contributed by atoms with van der Waals surface area (Å²) in [5, 5.41) is 0. The fourth-order valence-corrected chi connectivity index (χ4v) is 3.73. The van der Waals surface area contributed by atoms with Gasteiger partial charge in [-0.3, -0.25) is 0 Å². The van der Waals surface area contributed by atoms with Crippen LogP contribution in [0.25, 0.3) is 0 Å². The van der Waals surface area contributed by atoms with Crippen LogP contribution in [0, 0.1) is 0 Å². The number of nitrogens with zero attached hydrogens (tertiary/aromatic N) is 1. The minimum atomic E-state index is -3.34. The molecule has 1 aromatic carbocycles. The Hall–Kier alpha value is -0.910. The maximum Gasteiger partial charge on any atom is 0.243 e. The first kappa shape index (κ1) is 13.5. The van der Waals surface area contributed by atoms with Crippen molar-refractivity contribution in [3.63, 3.8) is 0 Å². The highest BCUT2D eigenvalue weighted by Crippen LogP contribution is 2.21. The molecular weight excluding hydrogens is 248 g/mol. The van der Waals surface area contributed by atoms with Crippen LogP contribution in [0.4, 0.5) is 0 Å². The van der Waals surface area contributed by atoms with E-state index in [0.717, 1.165) is 24.8 Å². The molecule has 1 aliphatic rings. The van der Waals surface area contributed by atoms with E-state index in [4.69, 9.17) is 5.73 Å². The average molecular weight is 268 g/mol. The quantitative estimate of drug-likeness (QED) is 0.900. The lowest BCUT2D eigenvalue weighted by atomic mass is 10.1. The van der Waals surface area contributed by atoms with E-state index in [2.05, 4.69) is 0 Å². The summed E-state index contributed by atoms with van der Waals surface area (Å²) in [6.45, 7) is 3.07. The van der Waals surface area contributed by atoms with Gasteiger partial charge in [-0.15, -0.1) is 0 Å². The summed E-state index contributed by atoms with van der Waals surface area (Å²) in [5.41, 5.74) is 6.85. The number of hydrogen-bond donors (Lipinski definition) is 1. The van der Waals surface area contributed by atoms with Gasteiger partial charge in [0.25, 0.3) is 0 Å². The number of piperidine rings is 1. The molecule has 0 bridgehead atoms. The maximum atomic E-state index is 12.4. The summed E-state index contributed by atoms with van der Waals surface area (Å²) in [5.74, 6) is 0. The highest BCUT2D eigenvalue weighted by molar-refractivity contribution is 7.89. The molecule has 0 spiro atoms. The van der Waals surface area contributed by atoms with E-state index in [9.17, 15) is 8.42 Å². The molecule has 0 amide bonds. The fraction of sp³-hybridized carbons (Fsp3) is 0.538. The van der Waals surface area contributed by atoms with Gasteiger partial charge in [0.05, 0.1) is 4.90 Å². The van der Waals surface area contributed by atoms with Crippen molar-refractivity contribution in [2.45, 2.75) is 37.1 Å². The van der Waals surface area contributed by atoms with Gasteiger partial charge in [-0.25, -0.2) is 8.42 Å². The number of nitrogens with two attached hydrogens (primary N) is 1. The van der Waals surface area contributed by atoms with Crippen molar-refractivity contribution in [1.29, 1.82) is 0 Å². The molecule has 18 heavy (non-hydrogen) atoms. The summed E-state index contributed by atoms with van der Waals surface area (Å²) >= 11 is 0. The SMILES string of the molecule is CCc1cccc(S(=O)(=O)N2CCC(N)CC2)c1. The Balaban J connectivity index is 2.24. The molecule has 0 atom stereocenters. The first-order valence-electron chi connectivity index (χ1n) is 6.38. The van der Waals surface area contributed by atoms with E-state index in [-0.39, 0.29) is 6.04 Å². The van der Waals surface area contributed by atoms with Crippen molar-refractivity contribution < 1.29 is 8.42 Å². The molecule has 1 aromatic rings. The molecule has 1 heterocycles. The van der Waals surface area contributed by atoms with E-state index in [1.54, 1.807) is 22.5 Å². The van der Waals surface area contributed by atoms with E-state index in [0.29, 0.717) is 18.0 Å². The predicted octanol–water partition coefficient (Wildman–Crippen LogP) is 1.36. The Bertz CT molecular complexity index is 505. The Morgan fingerprint density at radius 1 is 1.33 bits per heavy atom. The molecular formula is C13H20N2O2S. The summed E-state index contributed by atoms with van der Waals surface area (Å²) in [6.07, 6.45) is 2.33. The minimum Gasteiger partial charge on any atom is -0.328 e. The predicted molar refractivity (Wildman–Crippen MR) is 71.8 cm³/mol. The van der Waals surface area contributed by atoms with Crippen LogP contribution in [-0.2, 0) is 16.4 Å². The van der Waals surface area contributed by atoms with Crippen molar-refractivity contribution in [2.24, 2.45) is 5.73 Å². The van der Waals surface area contributed by atoms with Crippen LogP contribution in [0.1, 0.15) is 25.3 Å². The van der Waals surface area contributed by atoms with Crippen LogP contribution in [0.2, 0.25) is 0 Å². The van der Waals surface area contributed by atoms with Gasteiger partial charge in [0.1, 0.15) is 0 Å². The fourth-order valence-electron chi connectivity index (χ4n) is 2.19. The first-order valence-corrected chi connectivity index (χ1v) is 7.82. The topological polar surface area (TPSA) is 63.4 Å². The van der Waals surface area contributed by atoms with Crippen molar-refractivity contribution in [3.8, 4) is 0 Å². The van der Waals surface area contributed by atoms with Crippen molar-refractivity contribution in [2.75, 3.05) is 13.1 Å². The van der Waals surface area contributed by atoms with Crippen LogP contribution in [0.5, 0.6) is 0 Å². The van der Waals surface area contributed by atoms with Gasteiger partial charge in [-0.1, -0.05) is 19.1 Å². The second-order valence-corrected chi connectivity index (χ2v) is 6.68. The zero-order valence-electron chi connectivity index (χ0n) is 10.7. The molecule has 1 aliphatic heterocycles. The molecule has 0 aromatic heterocycles. The second kappa shape index (κ2) is 5.38. The van der Waals surface area contributed by atoms with E-state index >= 15 is 0 Å². The smallest absolute Gasteiger partial charge is 0.243 e. The van der Waals surface area contributed by atoms with Gasteiger partial charge < -0.3 is 5.73 Å². The molecule has 1 saturated heterocycles. The first-order chi connectivity index (χ1) is 8.54. The molecule has 2 rings (SSSR count). The summed E-state index contributed by atoms with van der Waals surface area (Å²) in [7, 11) is -3.34. The Morgan fingerprint density at radius 2 is 2.00 bits per heavy atom. The van der Waals surface area contributed by atoms with Crippen LogP contribution in [0.3, 0.4) is 0 Å². The molecule has 0 saturated carbocycles. The molecule has 5 heteroatoms. The maximum absolute atomic E-state index is 12.4. The third kappa shape index (κ3) is 2.74. The molecule has 4 nitrogen and oxygen atoms in total. The van der Waals surface area contributed by atoms with Gasteiger partial charge in [-0.05, 0) is 37.0 Å². The van der Waals surface area contributed by atoms with E-state index < -0.39 is 10.0 Å². The zero-order chi connectivity index (χ0) is 13.2. The van der Waals surface area contributed by atoms with Crippen molar-refractivity contribution in [3.05, 3.63) is 29.8 Å². The summed E-state index contributed by atoms with van der Waals surface area (Å²) in [4.78, 5) is 0.400. The Kier molecular flexibility index (Phi) is 4.04. The third-order valence-electron chi connectivity index (χ3n) is 3.44. The number of benzene rings is 1. The largest absolute Gasteiger partial charge is 0.328 e. The van der Waals surface area contributed by atoms with Gasteiger partial charge in [0, 0.05) is 19.1 Å². The normalized spacial score (nSPS) is 19.0. The van der Waals surface area contributed by atoms with Crippen LogP contribution < -0.4 is 5.73 Å². The van der Waals surface area contributed by atoms with E-state index in [1.165, 1.54) is 0 Å². The Morgan fingerprint density at radius 3 is 2.61 bits per heavy atom. The van der Waals surface area contributed by atoms with Gasteiger partial charge in [-0.2, -0.15) is 4.31 Å². The van der Waals surface area contributed by atoms with Crippen molar-refractivity contribution in [1.82, 2.24) is 4.31 Å². The lowest BCUT2D eigenvalue weighted by Crippen LogP contribution is -2.42. The van der Waals surface area contributed by atoms with E-state index in [1.807, 2.05) is 13.0 Å². The second-order valence-electron chi connectivity index (χ2n) is 4.74. The molecule has 2 N–H and O–H groups in total. The number of hydrogen-bond acceptors (Lipinski definition) is 3. The molecule has 0 aliphatic carbocycles. The molecule has 1 fully saturated rings. The van der Waals surface area contributed by atoms with Crippen LogP contribution in [0.15, 0.2) is 29.2 Å². The van der Waals surface area contributed by atoms with Crippen molar-refractivity contribution >= 4 is 10.0 Å². The third-order valence-corrected chi connectivity index (χ3v) is 5.34. The molecule has 0 radical (unpaired) electrons. The van der Waals surface area contributed by atoms with Gasteiger partial charge >= 0.3 is 0 Å². The monoisotopic (exact) mass is 268 g/mol. The molecule has 100 valence electrons. The summed E-state index contributed by atoms with van der Waals surface area (Å²) < 4.78 is 26.4. The van der Waals surface area contributed by atoms with Gasteiger partial charge in [0.15, 0.2) is 0 Å². The van der Waals surface area contributed by atoms with Crippen LogP contribution in [-0.4, -0.2) is 31.9 Å². The average Bonchev–Trinajstić information content (AvgIpc) is 2.39. The highest BCUT2D eigenvalue weighted by Gasteiger charge is 2.28. The molecule has 0 unspecified atom stereocenters. The van der Waals surface area contributed by atoms with Gasteiger partial charge in [0.2, 0.25) is 10.0 Å². The van der Waals surface area contributed by atoms with Crippen LogP contribution >= 0.6 is 0 Å².